The molecule has 0 unspecified atom stereocenters. The third-order valence-corrected chi connectivity index (χ3v) is 8.69. The third-order valence-electron chi connectivity index (χ3n) is 8.69. The van der Waals surface area contributed by atoms with Crippen LogP contribution in [0.15, 0.2) is 84.9 Å². The molecule has 1 saturated heterocycles. The predicted molar refractivity (Wildman–Crippen MR) is 165 cm³/mol. The second-order valence-electron chi connectivity index (χ2n) is 11.7. The number of benzene rings is 3. The Balaban J connectivity index is 1.30. The van der Waals surface area contributed by atoms with Gasteiger partial charge in [0.25, 0.3) is 0 Å². The summed E-state index contributed by atoms with van der Waals surface area (Å²) < 4.78 is 6.53. The zero-order valence-corrected chi connectivity index (χ0v) is 24.1. The van der Waals surface area contributed by atoms with Crippen molar-refractivity contribution >= 4 is 16.8 Å². The van der Waals surface area contributed by atoms with E-state index in [2.05, 4.69) is 47.5 Å². The molecule has 0 radical (unpaired) electrons. The topological polar surface area (TPSA) is 54.5 Å². The highest BCUT2D eigenvalue weighted by molar-refractivity contribution is 5.92. The van der Waals surface area contributed by atoms with Gasteiger partial charge in [0, 0.05) is 29.1 Å². The number of para-hydroxylation sites is 1. The van der Waals surface area contributed by atoms with Gasteiger partial charge in [0.05, 0.1) is 36.9 Å². The summed E-state index contributed by atoms with van der Waals surface area (Å²) >= 11 is 0. The van der Waals surface area contributed by atoms with Crippen LogP contribution in [0.25, 0.3) is 22.2 Å². The Morgan fingerprint density at radius 3 is 2.44 bits per heavy atom. The van der Waals surface area contributed by atoms with Gasteiger partial charge in [-0.1, -0.05) is 85.8 Å². The summed E-state index contributed by atoms with van der Waals surface area (Å²) in [5.41, 5.74) is 6.01. The number of hydrogen-bond acceptors (Lipinski definition) is 4. The van der Waals surface area contributed by atoms with Gasteiger partial charge in [-0.3, -0.25) is 9.69 Å². The van der Waals surface area contributed by atoms with Crippen LogP contribution in [0.1, 0.15) is 61.8 Å². The number of fused-ring (bicyclic) bond motifs is 1. The normalized spacial score (nSPS) is 18.0. The number of rotatable bonds is 12. The van der Waals surface area contributed by atoms with E-state index in [0.29, 0.717) is 19.3 Å². The number of nitrogens with zero attached hydrogens (tertiary/aromatic N) is 2. The summed E-state index contributed by atoms with van der Waals surface area (Å²) in [6.45, 7) is 5.66. The lowest BCUT2D eigenvalue weighted by Crippen LogP contribution is -2.34. The Morgan fingerprint density at radius 2 is 1.68 bits per heavy atom. The Bertz CT molecular complexity index is 1450. The van der Waals surface area contributed by atoms with E-state index in [9.17, 15) is 4.79 Å². The minimum Gasteiger partial charge on any atom is -0.375 e. The highest BCUT2D eigenvalue weighted by Gasteiger charge is 2.31. The molecule has 1 N–H and O–H groups in total. The number of carbonyl (C=O) groups excluding carboxylic acids is 1. The molecule has 1 aromatic heterocycles. The molecule has 0 spiro atoms. The SMILES string of the molecule is CC[C@H](NC(=O)Cc1c(COC[C@@H]2CCCN2CC2CC2)c(-c2ccccc2)nc2ccccc12)c1ccccc1. The average molecular weight is 548 g/mol. The van der Waals surface area contributed by atoms with Crippen molar-refractivity contribution in [1.29, 1.82) is 0 Å². The van der Waals surface area contributed by atoms with Gasteiger partial charge in [0.1, 0.15) is 0 Å². The van der Waals surface area contributed by atoms with Crippen molar-refractivity contribution in [3.05, 3.63) is 102 Å². The van der Waals surface area contributed by atoms with E-state index >= 15 is 0 Å². The van der Waals surface area contributed by atoms with Crippen LogP contribution in [-0.2, 0) is 22.6 Å². The monoisotopic (exact) mass is 547 g/mol. The maximum atomic E-state index is 13.7. The number of nitrogens with one attached hydrogen (secondary N) is 1. The predicted octanol–water partition coefficient (Wildman–Crippen LogP) is 7.10. The summed E-state index contributed by atoms with van der Waals surface area (Å²) in [7, 11) is 0. The van der Waals surface area contributed by atoms with Gasteiger partial charge in [0.15, 0.2) is 0 Å². The Kier molecular flexibility index (Phi) is 8.74. The van der Waals surface area contributed by atoms with Crippen LogP contribution in [0.4, 0.5) is 0 Å². The van der Waals surface area contributed by atoms with Crippen LogP contribution in [0.2, 0.25) is 0 Å². The summed E-state index contributed by atoms with van der Waals surface area (Å²) in [6.07, 6.45) is 6.31. The molecule has 1 amide bonds. The summed E-state index contributed by atoms with van der Waals surface area (Å²) in [5.74, 6) is 0.904. The molecule has 5 nitrogen and oxygen atoms in total. The molecule has 1 saturated carbocycles. The fourth-order valence-corrected chi connectivity index (χ4v) is 6.28. The third kappa shape index (κ3) is 6.69. The van der Waals surface area contributed by atoms with Gasteiger partial charge in [-0.05, 0) is 61.8 Å². The molecule has 41 heavy (non-hydrogen) atoms. The molecule has 2 fully saturated rings. The molecule has 1 aliphatic heterocycles. The number of ether oxygens (including phenoxy) is 1. The number of aromatic nitrogens is 1. The number of carbonyl (C=O) groups is 1. The highest BCUT2D eigenvalue weighted by atomic mass is 16.5. The van der Waals surface area contributed by atoms with Gasteiger partial charge >= 0.3 is 0 Å². The van der Waals surface area contributed by atoms with E-state index in [1.54, 1.807) is 0 Å². The van der Waals surface area contributed by atoms with Crippen LogP contribution in [0, 0.1) is 5.92 Å². The molecule has 2 heterocycles. The Labute approximate surface area is 243 Å². The van der Waals surface area contributed by atoms with Crippen LogP contribution < -0.4 is 5.32 Å². The van der Waals surface area contributed by atoms with Crippen LogP contribution in [0.5, 0.6) is 0 Å². The van der Waals surface area contributed by atoms with Crippen LogP contribution >= 0.6 is 0 Å². The summed E-state index contributed by atoms with van der Waals surface area (Å²) in [5, 5.41) is 4.32. The van der Waals surface area contributed by atoms with Crippen LogP contribution in [-0.4, -0.2) is 41.5 Å². The van der Waals surface area contributed by atoms with Crippen molar-refractivity contribution in [3.8, 4) is 11.3 Å². The second kappa shape index (κ2) is 13.0. The second-order valence-corrected chi connectivity index (χ2v) is 11.7. The van der Waals surface area contributed by atoms with E-state index in [1.807, 2.05) is 54.6 Å². The van der Waals surface area contributed by atoms with Crippen molar-refractivity contribution in [2.45, 2.75) is 64.1 Å². The van der Waals surface area contributed by atoms with Gasteiger partial charge in [-0.25, -0.2) is 4.98 Å². The smallest absolute Gasteiger partial charge is 0.224 e. The van der Waals surface area contributed by atoms with Gasteiger partial charge < -0.3 is 10.1 Å². The average Bonchev–Trinajstić information content (AvgIpc) is 3.73. The van der Waals surface area contributed by atoms with Crippen molar-refractivity contribution in [2.75, 3.05) is 19.7 Å². The zero-order chi connectivity index (χ0) is 28.0. The molecule has 3 aromatic carbocycles. The molecule has 6 rings (SSSR count). The fourth-order valence-electron chi connectivity index (χ4n) is 6.28. The lowest BCUT2D eigenvalue weighted by molar-refractivity contribution is -0.121. The minimum atomic E-state index is -0.0232. The van der Waals surface area contributed by atoms with Crippen LogP contribution in [0.3, 0.4) is 0 Å². The molecular formula is C36H41N3O2. The largest absolute Gasteiger partial charge is 0.375 e. The molecule has 2 atom stereocenters. The quantitative estimate of drug-likeness (QED) is 0.206. The van der Waals surface area contributed by atoms with E-state index in [-0.39, 0.29) is 18.4 Å². The maximum absolute atomic E-state index is 13.7. The Hall–Kier alpha value is -3.54. The number of pyridine rings is 1. The van der Waals surface area contributed by atoms with Crippen molar-refractivity contribution < 1.29 is 9.53 Å². The van der Waals surface area contributed by atoms with E-state index in [0.717, 1.165) is 51.2 Å². The summed E-state index contributed by atoms with van der Waals surface area (Å²) in [4.78, 5) is 21.4. The first-order valence-corrected chi connectivity index (χ1v) is 15.3. The lowest BCUT2D eigenvalue weighted by Gasteiger charge is -2.25. The number of amides is 1. The number of hydrogen-bond donors (Lipinski definition) is 1. The van der Waals surface area contributed by atoms with Gasteiger partial charge in [-0.15, -0.1) is 0 Å². The first-order chi connectivity index (χ1) is 20.2. The number of likely N-dealkylation sites (tertiary alicyclic amines) is 1. The van der Waals surface area contributed by atoms with E-state index < -0.39 is 0 Å². The molecule has 4 aromatic rings. The fraction of sp³-hybridized carbons (Fsp3) is 0.389. The standard InChI is InChI=1S/C36H41N3O2/c1-2-33(27-12-5-3-6-13-27)37-35(40)22-31-30-17-9-10-18-34(30)38-36(28-14-7-4-8-15-28)32(31)25-41-24-29-16-11-21-39(29)23-26-19-20-26/h3-10,12-15,17-18,26,29,33H,2,11,16,19-25H2,1H3,(H,37,40)/t29-,33-/m0/s1. The summed E-state index contributed by atoms with van der Waals surface area (Å²) in [6, 6.07) is 29.2. The highest BCUT2D eigenvalue weighted by Crippen LogP contribution is 2.34. The minimum absolute atomic E-state index is 0.0173. The first kappa shape index (κ1) is 27.6. The van der Waals surface area contributed by atoms with Crippen molar-refractivity contribution in [1.82, 2.24) is 15.2 Å². The molecule has 5 heteroatoms. The maximum Gasteiger partial charge on any atom is 0.224 e. The van der Waals surface area contributed by atoms with E-state index in [1.165, 1.54) is 38.8 Å². The zero-order valence-electron chi connectivity index (χ0n) is 24.1. The van der Waals surface area contributed by atoms with E-state index in [4.69, 9.17) is 9.72 Å². The molecule has 212 valence electrons. The molecule has 0 bridgehead atoms. The Morgan fingerprint density at radius 1 is 0.951 bits per heavy atom. The van der Waals surface area contributed by atoms with Gasteiger partial charge in [-0.2, -0.15) is 0 Å². The molecule has 2 aliphatic rings. The first-order valence-electron chi connectivity index (χ1n) is 15.3. The van der Waals surface area contributed by atoms with Crippen molar-refractivity contribution in [3.63, 3.8) is 0 Å². The van der Waals surface area contributed by atoms with Gasteiger partial charge in [0.2, 0.25) is 5.91 Å². The molecule has 1 aliphatic carbocycles. The van der Waals surface area contributed by atoms with Crippen molar-refractivity contribution in [2.24, 2.45) is 5.92 Å². The lowest BCUT2D eigenvalue weighted by atomic mass is 9.94. The molecular weight excluding hydrogens is 506 g/mol.